The van der Waals surface area contributed by atoms with Crippen LogP contribution in [0.15, 0.2) is 66.7 Å². The lowest BCUT2D eigenvalue weighted by Crippen LogP contribution is -2.56. The molecule has 0 aliphatic carbocycles. The number of benzene rings is 3. The maximum atomic E-state index is 13.6. The monoisotopic (exact) mass is 784 g/mol. The molecule has 1 aromatic heterocycles. The largest absolute Gasteiger partial charge is 0.480 e. The van der Waals surface area contributed by atoms with Gasteiger partial charge in [-0.3, -0.25) is 10.2 Å². The van der Waals surface area contributed by atoms with Crippen LogP contribution >= 0.6 is 0 Å². The van der Waals surface area contributed by atoms with Crippen molar-refractivity contribution in [1.82, 2.24) is 29.8 Å². The minimum absolute atomic E-state index is 0.00553. The van der Waals surface area contributed by atoms with Gasteiger partial charge in [-0.2, -0.15) is 26.3 Å². The van der Waals surface area contributed by atoms with E-state index in [-0.39, 0.29) is 42.5 Å². The quantitative estimate of drug-likeness (QED) is 0.162. The number of amides is 4. The molecule has 3 aliphatic heterocycles. The molecule has 17 heteroatoms. The molecule has 1 radical (unpaired) electrons. The van der Waals surface area contributed by atoms with Crippen molar-refractivity contribution in [1.29, 1.82) is 0 Å². The molecule has 11 nitrogen and oxygen atoms in total. The van der Waals surface area contributed by atoms with Crippen LogP contribution in [0.3, 0.4) is 0 Å². The van der Waals surface area contributed by atoms with Crippen LogP contribution in [0.1, 0.15) is 53.8 Å². The zero-order chi connectivity index (χ0) is 39.8. The number of aromatic nitrogens is 2. The number of fused-ring (bicyclic) bond motifs is 2. The van der Waals surface area contributed by atoms with Gasteiger partial charge in [0.15, 0.2) is 5.92 Å². The van der Waals surface area contributed by atoms with E-state index in [2.05, 4.69) is 15.7 Å². The number of anilines is 1. The van der Waals surface area contributed by atoms with E-state index in [0.29, 0.717) is 81.6 Å². The van der Waals surface area contributed by atoms with Crippen molar-refractivity contribution in [2.24, 2.45) is 5.92 Å². The first-order valence-corrected chi connectivity index (χ1v) is 18.4. The number of aliphatic carboxylic acids is 1. The van der Waals surface area contributed by atoms with E-state index in [4.69, 9.17) is 0 Å². The molecule has 3 N–H and O–H groups in total. The van der Waals surface area contributed by atoms with Crippen molar-refractivity contribution < 1.29 is 45.8 Å². The number of carboxylic acids is 1. The Bertz CT molecular complexity index is 2060. The molecule has 4 amide bonds. The average Bonchev–Trinajstić information content (AvgIpc) is 3.42. The molecule has 2 fully saturated rings. The minimum Gasteiger partial charge on any atom is -0.480 e. The smallest absolute Gasteiger partial charge is 0.416 e. The summed E-state index contributed by atoms with van der Waals surface area (Å²) >= 11 is 0. The third-order valence-electron chi connectivity index (χ3n) is 10.9. The molecule has 3 aliphatic rings. The van der Waals surface area contributed by atoms with E-state index in [1.165, 1.54) is 0 Å². The zero-order valence-electron chi connectivity index (χ0n) is 30.2. The van der Waals surface area contributed by atoms with E-state index in [1.54, 1.807) is 33.7 Å². The lowest BCUT2D eigenvalue weighted by molar-refractivity contribution is -0.143. The summed E-state index contributed by atoms with van der Waals surface area (Å²) in [4.78, 5) is 47.0. The fraction of sp³-hybridized carbons (Fsp3) is 0.410. The van der Waals surface area contributed by atoms with Gasteiger partial charge in [-0.05, 0) is 92.0 Å². The molecule has 0 spiro atoms. The van der Waals surface area contributed by atoms with Gasteiger partial charge in [-0.15, -0.1) is 0 Å². The van der Waals surface area contributed by atoms with E-state index in [0.717, 1.165) is 17.7 Å². The van der Waals surface area contributed by atoms with Crippen LogP contribution in [0, 0.1) is 11.8 Å². The molecule has 0 unspecified atom stereocenters. The van der Waals surface area contributed by atoms with Crippen LogP contribution in [-0.4, -0.2) is 86.3 Å². The number of likely N-dealkylation sites (tertiary alicyclic amines) is 1. The number of carbonyl (C=O) groups is 3. The summed E-state index contributed by atoms with van der Waals surface area (Å²) in [5, 5.41) is 15.1. The van der Waals surface area contributed by atoms with Gasteiger partial charge in [0.1, 0.15) is 5.82 Å². The predicted octanol–water partition coefficient (Wildman–Crippen LogP) is 7.21. The molecule has 7 rings (SSSR count). The number of halogens is 6. The highest BCUT2D eigenvalue weighted by Gasteiger charge is 2.39. The molecule has 4 heterocycles. The highest BCUT2D eigenvalue weighted by atomic mass is 19.4. The Kier molecular flexibility index (Phi) is 10.9. The van der Waals surface area contributed by atoms with Crippen LogP contribution in [-0.2, 0) is 36.5 Å². The third-order valence-corrected chi connectivity index (χ3v) is 10.9. The standard InChI is InChI=1S/C39H40F6N7O4/c40-38(41,42)27-19-25(20-28(22-27)39(43,44)45)21-30(35(53)54)34-46-32-7-3-4-8-33(32)52(34)23-24-9-14-49(15-10-24)37(56)48-50-16-12-29(13-17-50)51-18-11-26-5-1-2-6-31(26)47-36(51)55/h1-8,19-20,22,24,29H,9-18,21,23H2,(H,47,55)(H,48,56)(H,53,54). The second-order valence-electron chi connectivity index (χ2n) is 14.5. The van der Waals surface area contributed by atoms with Gasteiger partial charge in [0.05, 0.1) is 22.2 Å². The maximum Gasteiger partial charge on any atom is 0.416 e. The molecule has 3 aromatic carbocycles. The van der Waals surface area contributed by atoms with Gasteiger partial charge in [0, 0.05) is 51.0 Å². The van der Waals surface area contributed by atoms with Crippen LogP contribution in [0.4, 0.5) is 41.6 Å². The number of hydrazine groups is 1. The number of imidazole rings is 1. The number of carboxylic acid groups (broad SMARTS) is 1. The van der Waals surface area contributed by atoms with E-state index in [1.807, 2.05) is 34.2 Å². The van der Waals surface area contributed by atoms with Crippen molar-refractivity contribution in [3.05, 3.63) is 101 Å². The van der Waals surface area contributed by atoms with Crippen LogP contribution in [0.5, 0.6) is 0 Å². The second kappa shape index (κ2) is 15.7. The van der Waals surface area contributed by atoms with E-state index < -0.39 is 47.4 Å². The van der Waals surface area contributed by atoms with Gasteiger partial charge < -0.3 is 24.8 Å². The Morgan fingerprint density at radius 2 is 1.48 bits per heavy atom. The molecule has 0 bridgehead atoms. The predicted molar refractivity (Wildman–Crippen MR) is 193 cm³/mol. The van der Waals surface area contributed by atoms with Crippen molar-refractivity contribution in [3.63, 3.8) is 0 Å². The highest BCUT2D eigenvalue weighted by Crippen LogP contribution is 2.38. The van der Waals surface area contributed by atoms with Crippen molar-refractivity contribution in [2.75, 3.05) is 38.0 Å². The summed E-state index contributed by atoms with van der Waals surface area (Å²) < 4.78 is 83.3. The fourth-order valence-corrected chi connectivity index (χ4v) is 7.88. The second-order valence-corrected chi connectivity index (χ2v) is 14.5. The summed E-state index contributed by atoms with van der Waals surface area (Å²) in [7, 11) is 0. The lowest BCUT2D eigenvalue weighted by Gasteiger charge is -2.39. The van der Waals surface area contributed by atoms with Gasteiger partial charge in [-0.25, -0.2) is 19.6 Å². The Hall–Kier alpha value is -5.32. The number of nitrogens with zero attached hydrogens (tertiary/aromatic N) is 5. The first-order chi connectivity index (χ1) is 26.6. The van der Waals surface area contributed by atoms with Crippen LogP contribution in [0.25, 0.3) is 11.0 Å². The zero-order valence-corrected chi connectivity index (χ0v) is 30.2. The summed E-state index contributed by atoms with van der Waals surface area (Å²) in [5.74, 6) is -2.08. The Morgan fingerprint density at radius 1 is 0.839 bits per heavy atom. The number of para-hydroxylation sites is 3. The average molecular weight is 785 g/mol. The number of alkyl halides is 6. The van der Waals surface area contributed by atoms with E-state index >= 15 is 0 Å². The van der Waals surface area contributed by atoms with Crippen LogP contribution < -0.4 is 10.7 Å². The molecular weight excluding hydrogens is 744 g/mol. The van der Waals surface area contributed by atoms with Crippen molar-refractivity contribution in [3.8, 4) is 0 Å². The van der Waals surface area contributed by atoms with E-state index in [9.17, 15) is 45.8 Å². The van der Waals surface area contributed by atoms with Gasteiger partial charge >= 0.3 is 30.4 Å². The number of hydrogen-bond acceptors (Lipinski definition) is 5. The highest BCUT2D eigenvalue weighted by molar-refractivity contribution is 5.91. The summed E-state index contributed by atoms with van der Waals surface area (Å²) in [6.07, 6.45) is -7.66. The maximum absolute atomic E-state index is 13.6. The number of nitrogens with one attached hydrogen (secondary N) is 2. The van der Waals surface area contributed by atoms with Crippen molar-refractivity contribution in [2.45, 2.75) is 63.5 Å². The number of urea groups is 2. The number of hydrogen-bond donors (Lipinski definition) is 3. The lowest BCUT2D eigenvalue weighted by atomic mass is 9.94. The Morgan fingerprint density at radius 3 is 2.14 bits per heavy atom. The Balaban J connectivity index is 0.979. The molecule has 297 valence electrons. The molecule has 0 saturated carbocycles. The summed E-state index contributed by atoms with van der Waals surface area (Å²) in [6, 6.07) is 15.3. The SMILES string of the molecule is O=C(O)[C](Cc1cc(C(F)(F)F)cc(C(F)(F)F)c1)c1nc2ccccc2n1CC1CCN(C(=O)NN2CCC(N3CCc4ccccc4NC3=O)CC2)CC1. The van der Waals surface area contributed by atoms with Gasteiger partial charge in [-0.1, -0.05) is 30.3 Å². The molecule has 56 heavy (non-hydrogen) atoms. The fourth-order valence-electron chi connectivity index (χ4n) is 7.88. The summed E-state index contributed by atoms with van der Waals surface area (Å²) in [5.41, 5.74) is 2.37. The number of piperidine rings is 2. The molecule has 2 saturated heterocycles. The molecule has 4 aromatic rings. The topological polar surface area (TPSA) is 123 Å². The van der Waals surface area contributed by atoms with Crippen molar-refractivity contribution >= 4 is 34.8 Å². The van der Waals surface area contributed by atoms with Crippen LogP contribution in [0.2, 0.25) is 0 Å². The normalized spacial score (nSPS) is 17.9. The third kappa shape index (κ3) is 8.56. The van der Waals surface area contributed by atoms with Gasteiger partial charge in [0.25, 0.3) is 0 Å². The first kappa shape index (κ1) is 38.9. The number of carbonyl (C=O) groups excluding carboxylic acids is 2. The molecule has 0 atom stereocenters. The Labute approximate surface area is 318 Å². The minimum atomic E-state index is -5.09. The molecular formula is C39H40F6N7O4. The summed E-state index contributed by atoms with van der Waals surface area (Å²) in [6.45, 7) is 2.83. The first-order valence-electron chi connectivity index (χ1n) is 18.4. The van der Waals surface area contributed by atoms with Gasteiger partial charge in [0.2, 0.25) is 0 Å². The number of rotatable bonds is 8.